The Kier molecular flexibility index (Phi) is 5.87. The van der Waals surface area contributed by atoms with Gasteiger partial charge in [-0.05, 0) is 30.2 Å². The molecule has 19 heavy (non-hydrogen) atoms. The molecule has 0 heterocycles. The minimum Gasteiger partial charge on any atom is -0.271 e. The predicted molar refractivity (Wildman–Crippen MR) is 81.5 cm³/mol. The van der Waals surface area contributed by atoms with E-state index in [1.807, 2.05) is 0 Å². The highest BCUT2D eigenvalue weighted by Gasteiger charge is 2.27. The number of benzene rings is 1. The molecule has 1 saturated carbocycles. The van der Waals surface area contributed by atoms with E-state index in [0.717, 1.165) is 5.92 Å². The van der Waals surface area contributed by atoms with Gasteiger partial charge in [-0.25, -0.2) is 0 Å². The lowest BCUT2D eigenvalue weighted by Gasteiger charge is -2.34. The van der Waals surface area contributed by atoms with Crippen LogP contribution in [-0.2, 0) is 0 Å². The minimum atomic E-state index is 0.327. The van der Waals surface area contributed by atoms with Gasteiger partial charge in [0.25, 0.3) is 0 Å². The molecular weight excluding hydrogens is 232 g/mol. The van der Waals surface area contributed by atoms with Crippen LogP contribution < -0.4 is 11.3 Å². The second kappa shape index (κ2) is 7.66. The lowest BCUT2D eigenvalue weighted by atomic mass is 9.75. The molecule has 0 bridgehead atoms. The summed E-state index contributed by atoms with van der Waals surface area (Å²) in [5, 5.41) is 0. The Morgan fingerprint density at radius 1 is 1.16 bits per heavy atom. The van der Waals surface area contributed by atoms with E-state index in [9.17, 15) is 0 Å². The summed E-state index contributed by atoms with van der Waals surface area (Å²) in [7, 11) is 0. The molecule has 0 amide bonds. The molecule has 106 valence electrons. The molecule has 3 N–H and O–H groups in total. The Hall–Kier alpha value is -0.860. The Bertz CT molecular complexity index is 342. The molecule has 1 atom stereocenters. The molecule has 1 aromatic carbocycles. The molecule has 1 aliphatic carbocycles. The van der Waals surface area contributed by atoms with E-state index in [0.29, 0.717) is 12.0 Å². The van der Waals surface area contributed by atoms with Crippen LogP contribution in [0.25, 0.3) is 0 Å². The van der Waals surface area contributed by atoms with Crippen molar-refractivity contribution < 1.29 is 0 Å². The minimum absolute atomic E-state index is 0.327. The molecule has 2 heteroatoms. The summed E-state index contributed by atoms with van der Waals surface area (Å²) in [5.74, 6) is 7.46. The second-order valence-corrected chi connectivity index (χ2v) is 5.98. The van der Waals surface area contributed by atoms with E-state index >= 15 is 0 Å². The number of nitrogens with two attached hydrogens (primary N) is 1. The molecule has 1 fully saturated rings. The van der Waals surface area contributed by atoms with Gasteiger partial charge in [-0.15, -0.1) is 0 Å². The van der Waals surface area contributed by atoms with Crippen molar-refractivity contribution in [3.63, 3.8) is 0 Å². The number of nitrogens with one attached hydrogen (secondary N) is 1. The van der Waals surface area contributed by atoms with Crippen LogP contribution in [0.5, 0.6) is 0 Å². The lowest BCUT2D eigenvalue weighted by Crippen LogP contribution is -2.35. The first kappa shape index (κ1) is 14.5. The summed E-state index contributed by atoms with van der Waals surface area (Å²) < 4.78 is 0. The predicted octanol–water partition coefficient (Wildman–Crippen LogP) is 4.19. The van der Waals surface area contributed by atoms with Crippen LogP contribution in [0.2, 0.25) is 0 Å². The third-order valence-electron chi connectivity index (χ3n) is 4.67. The number of hydrogen-bond acceptors (Lipinski definition) is 2. The smallest absolute Gasteiger partial charge is 0.0488 e. The van der Waals surface area contributed by atoms with Crippen LogP contribution in [0.3, 0.4) is 0 Å². The van der Waals surface area contributed by atoms with Crippen molar-refractivity contribution in [1.29, 1.82) is 0 Å². The zero-order valence-electron chi connectivity index (χ0n) is 12.1. The third-order valence-corrected chi connectivity index (χ3v) is 4.67. The van der Waals surface area contributed by atoms with Gasteiger partial charge in [0.1, 0.15) is 0 Å². The molecule has 0 aromatic heterocycles. The summed E-state index contributed by atoms with van der Waals surface area (Å²) in [5.41, 5.74) is 4.38. The number of unbranched alkanes of at least 4 members (excludes halogenated alkanes) is 1. The summed E-state index contributed by atoms with van der Waals surface area (Å²) in [6, 6.07) is 11.0. The highest BCUT2D eigenvalue weighted by atomic mass is 15.2. The van der Waals surface area contributed by atoms with Crippen LogP contribution in [-0.4, -0.2) is 0 Å². The maximum absolute atomic E-state index is 5.80. The first-order valence-corrected chi connectivity index (χ1v) is 7.86. The molecule has 2 nitrogen and oxygen atoms in total. The maximum Gasteiger partial charge on any atom is 0.0488 e. The van der Waals surface area contributed by atoms with Crippen molar-refractivity contribution in [1.82, 2.24) is 5.43 Å². The number of rotatable bonds is 6. The second-order valence-electron chi connectivity index (χ2n) is 5.98. The van der Waals surface area contributed by atoms with Gasteiger partial charge in [-0.3, -0.25) is 11.3 Å². The summed E-state index contributed by atoms with van der Waals surface area (Å²) in [4.78, 5) is 0. The van der Waals surface area contributed by atoms with Crippen molar-refractivity contribution in [2.45, 2.75) is 57.9 Å². The van der Waals surface area contributed by atoms with Gasteiger partial charge in [0.2, 0.25) is 0 Å². The molecular formula is C17H28N2. The van der Waals surface area contributed by atoms with Crippen LogP contribution in [0, 0.1) is 11.8 Å². The number of hydrazine groups is 1. The molecule has 0 radical (unpaired) electrons. The summed E-state index contributed by atoms with van der Waals surface area (Å²) in [6.45, 7) is 2.29. The number of hydrogen-bond donors (Lipinski definition) is 2. The molecule has 1 aromatic rings. The van der Waals surface area contributed by atoms with Crippen molar-refractivity contribution in [3.8, 4) is 0 Å². The van der Waals surface area contributed by atoms with Crippen molar-refractivity contribution in [3.05, 3.63) is 35.9 Å². The van der Waals surface area contributed by atoms with Gasteiger partial charge in [0.05, 0.1) is 0 Å². The molecule has 0 saturated heterocycles. The highest BCUT2D eigenvalue weighted by molar-refractivity contribution is 5.19. The van der Waals surface area contributed by atoms with Crippen LogP contribution in [0.4, 0.5) is 0 Å². The van der Waals surface area contributed by atoms with Crippen LogP contribution >= 0.6 is 0 Å². The maximum atomic E-state index is 5.80. The van der Waals surface area contributed by atoms with E-state index in [-0.39, 0.29) is 0 Å². The van der Waals surface area contributed by atoms with Gasteiger partial charge >= 0.3 is 0 Å². The van der Waals surface area contributed by atoms with Crippen LogP contribution in [0.15, 0.2) is 30.3 Å². The van der Waals surface area contributed by atoms with E-state index in [1.165, 1.54) is 50.5 Å². The van der Waals surface area contributed by atoms with Crippen molar-refractivity contribution in [2.75, 3.05) is 0 Å². The largest absolute Gasteiger partial charge is 0.271 e. The van der Waals surface area contributed by atoms with E-state index in [2.05, 4.69) is 42.7 Å². The Morgan fingerprint density at radius 3 is 2.42 bits per heavy atom. The van der Waals surface area contributed by atoms with Gasteiger partial charge in [-0.1, -0.05) is 69.4 Å². The standard InChI is InChI=1S/C17H28N2/c1-2-3-7-14-10-12-16(13-11-14)17(19-18)15-8-5-4-6-9-15/h4-6,8-9,14,16-17,19H,2-3,7,10-13,18H2,1H3. The van der Waals surface area contributed by atoms with E-state index < -0.39 is 0 Å². The van der Waals surface area contributed by atoms with Crippen molar-refractivity contribution in [2.24, 2.45) is 17.7 Å². The van der Waals surface area contributed by atoms with E-state index in [4.69, 9.17) is 5.84 Å². The summed E-state index contributed by atoms with van der Waals surface area (Å²) in [6.07, 6.45) is 9.56. The first-order chi connectivity index (χ1) is 9.35. The fourth-order valence-corrected chi connectivity index (χ4v) is 3.47. The molecule has 1 aliphatic rings. The molecule has 1 unspecified atom stereocenters. The van der Waals surface area contributed by atoms with E-state index in [1.54, 1.807) is 0 Å². The third kappa shape index (κ3) is 4.05. The average molecular weight is 260 g/mol. The first-order valence-electron chi connectivity index (χ1n) is 7.86. The zero-order valence-corrected chi connectivity index (χ0v) is 12.1. The SMILES string of the molecule is CCCCC1CCC(C(NN)c2ccccc2)CC1. The van der Waals surface area contributed by atoms with Gasteiger partial charge in [0.15, 0.2) is 0 Å². The average Bonchev–Trinajstić information content (AvgIpc) is 2.48. The van der Waals surface area contributed by atoms with Gasteiger partial charge in [-0.2, -0.15) is 0 Å². The fraction of sp³-hybridized carbons (Fsp3) is 0.647. The Balaban J connectivity index is 1.89. The topological polar surface area (TPSA) is 38.0 Å². The summed E-state index contributed by atoms with van der Waals surface area (Å²) >= 11 is 0. The van der Waals surface area contributed by atoms with Crippen LogP contribution in [0.1, 0.15) is 63.5 Å². The van der Waals surface area contributed by atoms with Crippen molar-refractivity contribution >= 4 is 0 Å². The quantitative estimate of drug-likeness (QED) is 0.594. The molecule has 0 aliphatic heterocycles. The normalized spacial score (nSPS) is 25.2. The van der Waals surface area contributed by atoms with Gasteiger partial charge < -0.3 is 0 Å². The Morgan fingerprint density at radius 2 is 1.84 bits per heavy atom. The Labute approximate surface area is 117 Å². The monoisotopic (exact) mass is 260 g/mol. The zero-order chi connectivity index (χ0) is 13.5. The molecule has 2 rings (SSSR count). The fourth-order valence-electron chi connectivity index (χ4n) is 3.47. The highest BCUT2D eigenvalue weighted by Crippen LogP contribution is 2.38. The molecule has 0 spiro atoms. The van der Waals surface area contributed by atoms with Gasteiger partial charge in [0, 0.05) is 6.04 Å². The lowest BCUT2D eigenvalue weighted by molar-refractivity contribution is 0.213.